The third-order valence-corrected chi connectivity index (χ3v) is 3.57. The molecule has 0 unspecified atom stereocenters. The Kier molecular flexibility index (Phi) is 5.42. The Labute approximate surface area is 130 Å². The maximum Gasteiger partial charge on any atom is 0.260 e. The van der Waals surface area contributed by atoms with E-state index in [2.05, 4.69) is 5.32 Å². The van der Waals surface area contributed by atoms with Gasteiger partial charge < -0.3 is 15.0 Å². The molecule has 3 rings (SSSR count). The van der Waals surface area contributed by atoms with Crippen molar-refractivity contribution in [1.29, 1.82) is 0 Å². The molecule has 1 heterocycles. The highest BCUT2D eigenvalue weighted by Crippen LogP contribution is 2.25. The van der Waals surface area contributed by atoms with E-state index in [1.54, 1.807) is 0 Å². The van der Waals surface area contributed by atoms with E-state index in [-0.39, 0.29) is 24.9 Å². The number of fused-ring (bicyclic) bond motifs is 1. The molecule has 1 aliphatic rings. The number of hydrogen-bond donors (Lipinski definition) is 1. The molecular weight excluding hydrogens is 288 g/mol. The summed E-state index contributed by atoms with van der Waals surface area (Å²) in [6.07, 6.45) is 0. The van der Waals surface area contributed by atoms with Gasteiger partial charge in [-0.05, 0) is 11.5 Å². The molecule has 1 saturated heterocycles. The molecule has 4 nitrogen and oxygen atoms in total. The highest BCUT2D eigenvalue weighted by molar-refractivity contribution is 5.88. The molecule has 0 aliphatic carbocycles. The second kappa shape index (κ2) is 7.29. The van der Waals surface area contributed by atoms with Crippen LogP contribution in [0.4, 0.5) is 0 Å². The molecule has 112 valence electrons. The van der Waals surface area contributed by atoms with E-state index >= 15 is 0 Å². The van der Waals surface area contributed by atoms with Crippen molar-refractivity contribution >= 4 is 29.1 Å². The van der Waals surface area contributed by atoms with Gasteiger partial charge in [0.25, 0.3) is 5.91 Å². The first-order chi connectivity index (χ1) is 9.84. The topological polar surface area (TPSA) is 41.6 Å². The normalized spacial score (nSPS) is 14.6. The number of ether oxygens (including phenoxy) is 1. The van der Waals surface area contributed by atoms with Crippen molar-refractivity contribution in [2.24, 2.45) is 0 Å². The zero-order chi connectivity index (χ0) is 13.8. The lowest BCUT2D eigenvalue weighted by Crippen LogP contribution is -2.47. The molecule has 0 bridgehead atoms. The molecular formula is C16H19ClN2O2. The molecule has 1 aliphatic heterocycles. The van der Waals surface area contributed by atoms with Crippen molar-refractivity contribution < 1.29 is 9.53 Å². The van der Waals surface area contributed by atoms with Crippen LogP contribution < -0.4 is 10.1 Å². The van der Waals surface area contributed by atoms with Gasteiger partial charge in [-0.2, -0.15) is 0 Å². The van der Waals surface area contributed by atoms with Crippen molar-refractivity contribution in [3.63, 3.8) is 0 Å². The van der Waals surface area contributed by atoms with Gasteiger partial charge in [-0.25, -0.2) is 0 Å². The molecule has 0 aromatic heterocycles. The first-order valence-electron chi connectivity index (χ1n) is 6.94. The Balaban J connectivity index is 0.00000161. The van der Waals surface area contributed by atoms with Crippen LogP contribution in [-0.2, 0) is 4.79 Å². The maximum absolute atomic E-state index is 12.1. The van der Waals surface area contributed by atoms with Crippen molar-refractivity contribution in [2.75, 3.05) is 32.8 Å². The standard InChI is InChI=1S/C16H18N2O2.ClH/c19-16(18-10-8-17-9-11-18)12-20-15-7-3-5-13-4-1-2-6-14(13)15;/h1-7,17H,8-12H2;1H. The largest absolute Gasteiger partial charge is 0.483 e. The molecule has 21 heavy (non-hydrogen) atoms. The number of carbonyl (C=O) groups excluding carboxylic acids is 1. The Morgan fingerprint density at radius 1 is 1.10 bits per heavy atom. The number of nitrogens with zero attached hydrogens (tertiary/aromatic N) is 1. The Morgan fingerprint density at radius 2 is 1.81 bits per heavy atom. The highest BCUT2D eigenvalue weighted by Gasteiger charge is 2.16. The Bertz CT molecular complexity index is 607. The summed E-state index contributed by atoms with van der Waals surface area (Å²) in [5, 5.41) is 5.40. The van der Waals surface area contributed by atoms with Crippen LogP contribution in [0.1, 0.15) is 0 Å². The van der Waals surface area contributed by atoms with Crippen LogP contribution in [0, 0.1) is 0 Å². The van der Waals surface area contributed by atoms with Crippen LogP contribution in [0.2, 0.25) is 0 Å². The number of hydrogen-bond acceptors (Lipinski definition) is 3. The predicted molar refractivity (Wildman–Crippen MR) is 86.1 cm³/mol. The average Bonchev–Trinajstić information content (AvgIpc) is 2.53. The Morgan fingerprint density at radius 3 is 2.62 bits per heavy atom. The van der Waals surface area contributed by atoms with E-state index in [0.29, 0.717) is 0 Å². The molecule has 2 aromatic rings. The smallest absolute Gasteiger partial charge is 0.260 e. The number of nitrogens with one attached hydrogen (secondary N) is 1. The van der Waals surface area contributed by atoms with Gasteiger partial charge in [0, 0.05) is 31.6 Å². The summed E-state index contributed by atoms with van der Waals surface area (Å²) >= 11 is 0. The third kappa shape index (κ3) is 3.65. The van der Waals surface area contributed by atoms with Crippen molar-refractivity contribution in [2.45, 2.75) is 0 Å². The van der Waals surface area contributed by atoms with Gasteiger partial charge in [0.2, 0.25) is 0 Å². The van der Waals surface area contributed by atoms with E-state index in [1.165, 1.54) is 0 Å². The lowest BCUT2D eigenvalue weighted by atomic mass is 10.1. The highest BCUT2D eigenvalue weighted by atomic mass is 35.5. The molecule has 1 fully saturated rings. The lowest BCUT2D eigenvalue weighted by Gasteiger charge is -2.27. The van der Waals surface area contributed by atoms with Gasteiger partial charge in [-0.15, -0.1) is 12.4 Å². The minimum atomic E-state index is 0. The number of rotatable bonds is 3. The molecule has 2 aromatic carbocycles. The molecule has 5 heteroatoms. The summed E-state index contributed by atoms with van der Waals surface area (Å²) in [7, 11) is 0. The second-order valence-corrected chi connectivity index (χ2v) is 4.90. The number of halogens is 1. The first kappa shape index (κ1) is 15.6. The summed E-state index contributed by atoms with van der Waals surface area (Å²) in [4.78, 5) is 13.9. The van der Waals surface area contributed by atoms with Crippen LogP contribution in [0.5, 0.6) is 5.75 Å². The van der Waals surface area contributed by atoms with E-state index in [9.17, 15) is 4.79 Å². The molecule has 0 saturated carbocycles. The zero-order valence-corrected chi connectivity index (χ0v) is 12.6. The van der Waals surface area contributed by atoms with Crippen molar-refractivity contribution in [3.05, 3.63) is 42.5 Å². The predicted octanol–water partition coefficient (Wildman–Crippen LogP) is 2.07. The number of benzene rings is 2. The summed E-state index contributed by atoms with van der Waals surface area (Å²) in [6.45, 7) is 3.35. The van der Waals surface area contributed by atoms with E-state index < -0.39 is 0 Å². The van der Waals surface area contributed by atoms with Gasteiger partial charge in [0.05, 0.1) is 0 Å². The fourth-order valence-electron chi connectivity index (χ4n) is 2.47. The molecule has 1 N–H and O–H groups in total. The zero-order valence-electron chi connectivity index (χ0n) is 11.7. The minimum Gasteiger partial charge on any atom is -0.483 e. The van der Waals surface area contributed by atoms with E-state index in [4.69, 9.17) is 4.74 Å². The quantitative estimate of drug-likeness (QED) is 0.944. The third-order valence-electron chi connectivity index (χ3n) is 3.57. The minimum absolute atomic E-state index is 0. The van der Waals surface area contributed by atoms with Crippen molar-refractivity contribution in [1.82, 2.24) is 10.2 Å². The average molecular weight is 307 g/mol. The number of carbonyl (C=O) groups is 1. The van der Waals surface area contributed by atoms with Crippen molar-refractivity contribution in [3.8, 4) is 5.75 Å². The van der Waals surface area contributed by atoms with Crippen LogP contribution in [0.3, 0.4) is 0 Å². The SMILES string of the molecule is Cl.O=C(COc1cccc2ccccc12)N1CCNCC1. The summed E-state index contributed by atoms with van der Waals surface area (Å²) < 4.78 is 5.72. The summed E-state index contributed by atoms with van der Waals surface area (Å²) in [5.41, 5.74) is 0. The summed E-state index contributed by atoms with van der Waals surface area (Å²) in [6, 6.07) is 13.9. The molecule has 0 spiro atoms. The van der Waals surface area contributed by atoms with Gasteiger partial charge in [0.1, 0.15) is 5.75 Å². The molecule has 0 atom stereocenters. The van der Waals surface area contributed by atoms with Crippen LogP contribution in [-0.4, -0.2) is 43.6 Å². The fraction of sp³-hybridized carbons (Fsp3) is 0.312. The van der Waals surface area contributed by atoms with Crippen LogP contribution in [0.15, 0.2) is 42.5 Å². The second-order valence-electron chi connectivity index (χ2n) is 4.90. The number of piperazine rings is 1. The van der Waals surface area contributed by atoms with Gasteiger partial charge in [0.15, 0.2) is 6.61 Å². The van der Waals surface area contributed by atoms with Gasteiger partial charge in [-0.3, -0.25) is 4.79 Å². The summed E-state index contributed by atoms with van der Waals surface area (Å²) in [5.74, 6) is 0.825. The van der Waals surface area contributed by atoms with Crippen LogP contribution in [0.25, 0.3) is 10.8 Å². The fourth-order valence-corrected chi connectivity index (χ4v) is 2.47. The van der Waals surface area contributed by atoms with E-state index in [0.717, 1.165) is 42.7 Å². The Hall–Kier alpha value is -1.78. The van der Waals surface area contributed by atoms with E-state index in [1.807, 2.05) is 47.4 Å². The van der Waals surface area contributed by atoms with Crippen LogP contribution >= 0.6 is 12.4 Å². The number of amides is 1. The first-order valence-corrected chi connectivity index (χ1v) is 6.94. The maximum atomic E-state index is 12.1. The van der Waals surface area contributed by atoms with Gasteiger partial charge >= 0.3 is 0 Å². The lowest BCUT2D eigenvalue weighted by molar-refractivity contribution is -0.133. The van der Waals surface area contributed by atoms with Gasteiger partial charge in [-0.1, -0.05) is 36.4 Å². The molecule has 0 radical (unpaired) electrons. The monoisotopic (exact) mass is 306 g/mol. The molecule has 1 amide bonds.